The molecule has 0 radical (unpaired) electrons. The van der Waals surface area contributed by atoms with Gasteiger partial charge in [0.15, 0.2) is 12.4 Å². The summed E-state index contributed by atoms with van der Waals surface area (Å²) in [5.74, 6) is 2.55. The molecule has 2 aromatic rings. The topological polar surface area (TPSA) is 77.0 Å². The van der Waals surface area contributed by atoms with Crippen LogP contribution in [0.4, 0.5) is 5.82 Å². The van der Waals surface area contributed by atoms with E-state index in [1.807, 2.05) is 25.1 Å². The molecular weight excluding hydrogens is 348 g/mol. The number of hydrogen-bond acceptors (Lipinski definition) is 7. The molecule has 0 spiro atoms. The lowest BCUT2D eigenvalue weighted by molar-refractivity contribution is -0.132. The average molecular weight is 372 g/mol. The van der Waals surface area contributed by atoms with Gasteiger partial charge in [-0.1, -0.05) is 0 Å². The van der Waals surface area contributed by atoms with Gasteiger partial charge in [0.05, 0.1) is 13.7 Å². The molecule has 1 amide bonds. The molecule has 0 bridgehead atoms. The van der Waals surface area contributed by atoms with Crippen LogP contribution in [-0.4, -0.2) is 68.0 Å². The molecule has 1 saturated heterocycles. The fourth-order valence-electron chi connectivity index (χ4n) is 2.74. The zero-order valence-electron chi connectivity index (χ0n) is 15.8. The number of anilines is 1. The van der Waals surface area contributed by atoms with Crippen LogP contribution in [0.3, 0.4) is 0 Å². The molecule has 1 aliphatic heterocycles. The predicted octanol–water partition coefficient (Wildman–Crippen LogP) is 1.61. The van der Waals surface area contributed by atoms with Crippen molar-refractivity contribution in [2.24, 2.45) is 0 Å². The highest BCUT2D eigenvalue weighted by molar-refractivity contribution is 5.78. The van der Waals surface area contributed by atoms with Crippen LogP contribution in [0, 0.1) is 0 Å². The highest BCUT2D eigenvalue weighted by Gasteiger charge is 2.28. The van der Waals surface area contributed by atoms with Crippen molar-refractivity contribution >= 4 is 11.7 Å². The normalized spacial score (nSPS) is 16.1. The summed E-state index contributed by atoms with van der Waals surface area (Å²) in [4.78, 5) is 16.0. The predicted molar refractivity (Wildman–Crippen MR) is 100 cm³/mol. The Kier molecular flexibility index (Phi) is 5.95. The van der Waals surface area contributed by atoms with E-state index in [0.717, 1.165) is 18.0 Å². The van der Waals surface area contributed by atoms with Gasteiger partial charge in [0.1, 0.15) is 17.6 Å². The zero-order valence-corrected chi connectivity index (χ0v) is 15.8. The van der Waals surface area contributed by atoms with Crippen molar-refractivity contribution in [2.75, 3.05) is 45.8 Å². The minimum atomic E-state index is -0.0885. The van der Waals surface area contributed by atoms with E-state index < -0.39 is 0 Å². The molecule has 1 aromatic carbocycles. The lowest BCUT2D eigenvalue weighted by Crippen LogP contribution is -2.34. The van der Waals surface area contributed by atoms with E-state index in [1.165, 1.54) is 0 Å². The van der Waals surface area contributed by atoms with E-state index in [1.54, 1.807) is 42.3 Å². The molecule has 1 unspecified atom stereocenters. The molecule has 0 saturated carbocycles. The van der Waals surface area contributed by atoms with E-state index in [4.69, 9.17) is 14.2 Å². The van der Waals surface area contributed by atoms with Crippen molar-refractivity contribution in [1.82, 2.24) is 15.1 Å². The van der Waals surface area contributed by atoms with Crippen molar-refractivity contribution in [2.45, 2.75) is 12.5 Å². The standard InChI is InChI=1S/C19H24N4O4/c1-22(2)17-8-9-18(21-20-17)27-16-10-11-23(12-16)19(24)13-26-15-6-4-14(25-3)5-7-15/h4-9,16H,10-13H2,1-3H3. The van der Waals surface area contributed by atoms with Gasteiger partial charge in [-0.25, -0.2) is 0 Å². The number of hydrogen-bond donors (Lipinski definition) is 0. The Hall–Kier alpha value is -3.03. The lowest BCUT2D eigenvalue weighted by atomic mass is 10.3. The van der Waals surface area contributed by atoms with E-state index in [2.05, 4.69) is 10.2 Å². The number of amides is 1. The number of carbonyl (C=O) groups excluding carboxylic acids is 1. The SMILES string of the molecule is COc1ccc(OCC(=O)N2CCC(Oc3ccc(N(C)C)nn3)C2)cc1. The van der Waals surface area contributed by atoms with Gasteiger partial charge in [0.2, 0.25) is 5.88 Å². The summed E-state index contributed by atoms with van der Waals surface area (Å²) < 4.78 is 16.5. The van der Waals surface area contributed by atoms with Crippen molar-refractivity contribution in [3.8, 4) is 17.4 Å². The Morgan fingerprint density at radius 3 is 2.52 bits per heavy atom. The second-order valence-electron chi connectivity index (χ2n) is 6.46. The molecule has 144 valence electrons. The number of likely N-dealkylation sites (tertiary alicyclic amines) is 1. The molecule has 3 rings (SSSR count). The molecule has 1 aliphatic rings. The van der Waals surface area contributed by atoms with Crippen LogP contribution in [0.15, 0.2) is 36.4 Å². The Morgan fingerprint density at radius 2 is 1.89 bits per heavy atom. The number of benzene rings is 1. The number of aromatic nitrogens is 2. The Bertz CT molecular complexity index is 749. The maximum atomic E-state index is 12.3. The Labute approximate surface area is 158 Å². The second kappa shape index (κ2) is 8.57. The van der Waals surface area contributed by atoms with Gasteiger partial charge < -0.3 is 24.0 Å². The summed E-state index contributed by atoms with van der Waals surface area (Å²) in [6.07, 6.45) is 0.667. The number of methoxy groups -OCH3 is 1. The second-order valence-corrected chi connectivity index (χ2v) is 6.46. The first-order valence-electron chi connectivity index (χ1n) is 8.77. The van der Waals surface area contributed by atoms with E-state index in [9.17, 15) is 4.79 Å². The number of rotatable bonds is 7. The summed E-state index contributed by atoms with van der Waals surface area (Å²) >= 11 is 0. The highest BCUT2D eigenvalue weighted by atomic mass is 16.5. The van der Waals surface area contributed by atoms with Crippen LogP contribution in [0.1, 0.15) is 6.42 Å². The third kappa shape index (κ3) is 4.99. The molecule has 1 atom stereocenters. The van der Waals surface area contributed by atoms with Crippen molar-refractivity contribution < 1.29 is 19.0 Å². The summed E-state index contributed by atoms with van der Waals surface area (Å²) in [6.45, 7) is 1.15. The monoisotopic (exact) mass is 372 g/mol. The van der Waals surface area contributed by atoms with Gasteiger partial charge in [-0.15, -0.1) is 10.2 Å². The molecule has 27 heavy (non-hydrogen) atoms. The third-order valence-corrected chi connectivity index (χ3v) is 4.29. The first-order chi connectivity index (χ1) is 13.0. The molecule has 0 N–H and O–H groups in total. The fraction of sp³-hybridized carbons (Fsp3) is 0.421. The Morgan fingerprint density at radius 1 is 1.15 bits per heavy atom. The summed E-state index contributed by atoms with van der Waals surface area (Å²) in [6, 6.07) is 10.8. The molecule has 8 heteroatoms. The van der Waals surface area contributed by atoms with E-state index in [-0.39, 0.29) is 18.6 Å². The first kappa shape index (κ1) is 18.8. The molecule has 1 aromatic heterocycles. The lowest BCUT2D eigenvalue weighted by Gasteiger charge is -2.17. The van der Waals surface area contributed by atoms with E-state index >= 15 is 0 Å². The van der Waals surface area contributed by atoms with Gasteiger partial charge >= 0.3 is 0 Å². The average Bonchev–Trinajstić information content (AvgIpc) is 3.15. The molecule has 8 nitrogen and oxygen atoms in total. The van der Waals surface area contributed by atoms with Crippen molar-refractivity contribution in [3.63, 3.8) is 0 Å². The van der Waals surface area contributed by atoms with Crippen LogP contribution in [0.25, 0.3) is 0 Å². The largest absolute Gasteiger partial charge is 0.497 e. The van der Waals surface area contributed by atoms with Gasteiger partial charge in [-0.2, -0.15) is 0 Å². The summed E-state index contributed by atoms with van der Waals surface area (Å²) in [5.41, 5.74) is 0. The third-order valence-electron chi connectivity index (χ3n) is 4.29. The molecular formula is C19H24N4O4. The number of carbonyl (C=O) groups is 1. The van der Waals surface area contributed by atoms with Gasteiger partial charge in [-0.3, -0.25) is 4.79 Å². The molecule has 2 heterocycles. The van der Waals surface area contributed by atoms with Crippen LogP contribution in [-0.2, 0) is 4.79 Å². The number of nitrogens with zero attached hydrogens (tertiary/aromatic N) is 4. The zero-order chi connectivity index (χ0) is 19.2. The molecule has 1 fully saturated rings. The minimum Gasteiger partial charge on any atom is -0.497 e. The fourth-order valence-corrected chi connectivity index (χ4v) is 2.74. The van der Waals surface area contributed by atoms with Crippen molar-refractivity contribution in [3.05, 3.63) is 36.4 Å². The van der Waals surface area contributed by atoms with Crippen LogP contribution < -0.4 is 19.1 Å². The van der Waals surface area contributed by atoms with Crippen LogP contribution in [0.2, 0.25) is 0 Å². The number of ether oxygens (including phenoxy) is 3. The van der Waals surface area contributed by atoms with Gasteiger partial charge in [0, 0.05) is 33.1 Å². The summed E-state index contributed by atoms with van der Waals surface area (Å²) in [5, 5.41) is 8.16. The van der Waals surface area contributed by atoms with E-state index in [0.29, 0.717) is 24.7 Å². The van der Waals surface area contributed by atoms with Gasteiger partial charge in [-0.05, 0) is 30.3 Å². The maximum absolute atomic E-state index is 12.3. The highest BCUT2D eigenvalue weighted by Crippen LogP contribution is 2.19. The first-order valence-corrected chi connectivity index (χ1v) is 8.77. The minimum absolute atomic E-state index is 0.00359. The maximum Gasteiger partial charge on any atom is 0.260 e. The van der Waals surface area contributed by atoms with Crippen LogP contribution >= 0.6 is 0 Å². The van der Waals surface area contributed by atoms with Crippen molar-refractivity contribution in [1.29, 1.82) is 0 Å². The Balaban J connectivity index is 1.45. The molecule has 0 aliphatic carbocycles. The van der Waals surface area contributed by atoms with Crippen LogP contribution in [0.5, 0.6) is 17.4 Å². The summed E-state index contributed by atoms with van der Waals surface area (Å²) in [7, 11) is 5.41. The van der Waals surface area contributed by atoms with Gasteiger partial charge in [0.25, 0.3) is 5.91 Å². The quantitative estimate of drug-likeness (QED) is 0.731. The smallest absolute Gasteiger partial charge is 0.260 e.